The standard InChI is InChI=1S/C13H8Cl4O2S/c1-6(13(18)11-2-3-12(17)20-11)19-10-5-8(15)7(14)4-9(10)16/h2-6H,1H3. The first-order chi connectivity index (χ1) is 9.38. The predicted octanol–water partition coefficient (Wildman–Crippen LogP) is 6.01. The summed E-state index contributed by atoms with van der Waals surface area (Å²) in [5, 5.41) is 0.932. The number of carbonyl (C=O) groups is 1. The Hall–Kier alpha value is -0.450. The van der Waals surface area contributed by atoms with Crippen LogP contribution in [0, 0.1) is 0 Å². The molecule has 0 aliphatic carbocycles. The average Bonchev–Trinajstić information content (AvgIpc) is 2.81. The van der Waals surface area contributed by atoms with E-state index in [0.717, 1.165) is 0 Å². The Balaban J connectivity index is 2.17. The molecule has 1 aromatic carbocycles. The largest absolute Gasteiger partial charge is 0.481 e. The van der Waals surface area contributed by atoms with E-state index in [1.54, 1.807) is 19.1 Å². The number of ketones is 1. The molecule has 20 heavy (non-hydrogen) atoms. The molecule has 2 rings (SSSR count). The second kappa shape index (κ2) is 6.54. The molecule has 0 radical (unpaired) electrons. The summed E-state index contributed by atoms with van der Waals surface area (Å²) < 4.78 is 6.09. The van der Waals surface area contributed by atoms with Crippen LogP contribution in [0.1, 0.15) is 16.6 Å². The summed E-state index contributed by atoms with van der Waals surface area (Å²) in [4.78, 5) is 12.7. The van der Waals surface area contributed by atoms with E-state index in [0.29, 0.717) is 30.0 Å². The van der Waals surface area contributed by atoms with Gasteiger partial charge >= 0.3 is 0 Å². The lowest BCUT2D eigenvalue weighted by molar-refractivity contribution is 0.0822. The van der Waals surface area contributed by atoms with Crippen LogP contribution in [0.5, 0.6) is 5.75 Å². The van der Waals surface area contributed by atoms with Gasteiger partial charge in [0.2, 0.25) is 5.78 Å². The number of benzene rings is 1. The van der Waals surface area contributed by atoms with Crippen molar-refractivity contribution in [3.05, 3.63) is 48.5 Å². The van der Waals surface area contributed by atoms with Gasteiger partial charge in [-0.3, -0.25) is 4.79 Å². The molecule has 1 unspecified atom stereocenters. The van der Waals surface area contributed by atoms with Gasteiger partial charge in [-0.15, -0.1) is 11.3 Å². The minimum absolute atomic E-state index is 0.177. The Morgan fingerprint density at radius 2 is 1.75 bits per heavy atom. The minimum Gasteiger partial charge on any atom is -0.481 e. The number of hydrogen-bond acceptors (Lipinski definition) is 3. The molecule has 0 fully saturated rings. The highest BCUT2D eigenvalue weighted by atomic mass is 35.5. The molecule has 0 aliphatic heterocycles. The van der Waals surface area contributed by atoms with Gasteiger partial charge in [-0.1, -0.05) is 46.4 Å². The van der Waals surface area contributed by atoms with Crippen LogP contribution < -0.4 is 4.74 Å². The maximum atomic E-state index is 12.2. The first kappa shape index (κ1) is 15.9. The summed E-state index contributed by atoms with van der Waals surface area (Å²) in [6.07, 6.45) is -0.709. The molecule has 7 heteroatoms. The highest BCUT2D eigenvalue weighted by Crippen LogP contribution is 2.34. The number of halogens is 4. The molecule has 0 saturated carbocycles. The SMILES string of the molecule is CC(Oc1cc(Cl)c(Cl)cc1Cl)C(=O)c1ccc(Cl)s1. The number of hydrogen-bond donors (Lipinski definition) is 0. The molecule has 106 valence electrons. The van der Waals surface area contributed by atoms with Crippen molar-refractivity contribution in [2.75, 3.05) is 0 Å². The Morgan fingerprint density at radius 3 is 2.35 bits per heavy atom. The highest BCUT2D eigenvalue weighted by Gasteiger charge is 2.20. The van der Waals surface area contributed by atoms with E-state index >= 15 is 0 Å². The minimum atomic E-state index is -0.709. The fourth-order valence-electron chi connectivity index (χ4n) is 1.49. The summed E-state index contributed by atoms with van der Waals surface area (Å²) in [5.41, 5.74) is 0. The van der Waals surface area contributed by atoms with Crippen molar-refractivity contribution < 1.29 is 9.53 Å². The topological polar surface area (TPSA) is 26.3 Å². The van der Waals surface area contributed by atoms with Crippen molar-refractivity contribution in [2.45, 2.75) is 13.0 Å². The lowest BCUT2D eigenvalue weighted by Gasteiger charge is -2.14. The third-order valence-electron chi connectivity index (χ3n) is 2.46. The van der Waals surface area contributed by atoms with E-state index in [9.17, 15) is 4.79 Å². The van der Waals surface area contributed by atoms with Crippen molar-refractivity contribution in [3.8, 4) is 5.75 Å². The molecule has 1 atom stereocenters. The van der Waals surface area contributed by atoms with Gasteiger partial charge in [-0.25, -0.2) is 0 Å². The number of rotatable bonds is 4. The molecular weight excluding hydrogens is 362 g/mol. The Bertz CT molecular complexity index is 654. The third-order valence-corrected chi connectivity index (χ3v) is 4.73. The van der Waals surface area contributed by atoms with Crippen molar-refractivity contribution in [2.24, 2.45) is 0 Å². The van der Waals surface area contributed by atoms with Crippen LogP contribution in [-0.2, 0) is 0 Å². The van der Waals surface area contributed by atoms with Crippen LogP contribution in [-0.4, -0.2) is 11.9 Å². The summed E-state index contributed by atoms with van der Waals surface area (Å²) in [5.74, 6) is 0.133. The summed E-state index contributed by atoms with van der Waals surface area (Å²) in [7, 11) is 0. The third kappa shape index (κ3) is 3.60. The van der Waals surface area contributed by atoms with E-state index in [1.165, 1.54) is 23.5 Å². The molecule has 2 aromatic rings. The van der Waals surface area contributed by atoms with E-state index in [2.05, 4.69) is 0 Å². The van der Waals surface area contributed by atoms with Gasteiger partial charge in [0, 0.05) is 6.07 Å². The molecule has 1 heterocycles. The first-order valence-electron chi connectivity index (χ1n) is 5.49. The molecule has 0 amide bonds. The first-order valence-corrected chi connectivity index (χ1v) is 7.82. The zero-order valence-corrected chi connectivity index (χ0v) is 14.0. The van der Waals surface area contributed by atoms with Crippen LogP contribution in [0.4, 0.5) is 0 Å². The quantitative estimate of drug-likeness (QED) is 0.487. The Morgan fingerprint density at radius 1 is 1.10 bits per heavy atom. The van der Waals surface area contributed by atoms with Crippen LogP contribution in [0.2, 0.25) is 19.4 Å². The summed E-state index contributed by atoms with van der Waals surface area (Å²) in [6.45, 7) is 1.63. The van der Waals surface area contributed by atoms with Gasteiger partial charge in [0.05, 0.1) is 24.3 Å². The van der Waals surface area contributed by atoms with Crippen molar-refractivity contribution in [1.29, 1.82) is 0 Å². The molecular formula is C13H8Cl4O2S. The lowest BCUT2D eigenvalue weighted by atomic mass is 10.2. The van der Waals surface area contributed by atoms with Gasteiger partial charge in [-0.2, -0.15) is 0 Å². The molecule has 2 nitrogen and oxygen atoms in total. The van der Waals surface area contributed by atoms with E-state index in [4.69, 9.17) is 51.1 Å². The van der Waals surface area contributed by atoms with Crippen LogP contribution >= 0.6 is 57.7 Å². The summed E-state index contributed by atoms with van der Waals surface area (Å²) >= 11 is 24.7. The smallest absolute Gasteiger partial charge is 0.212 e. The maximum absolute atomic E-state index is 12.2. The highest BCUT2D eigenvalue weighted by molar-refractivity contribution is 7.18. The van der Waals surface area contributed by atoms with Gasteiger partial charge in [0.1, 0.15) is 5.75 Å². The normalized spacial score (nSPS) is 12.2. The van der Waals surface area contributed by atoms with E-state index in [-0.39, 0.29) is 5.78 Å². The lowest BCUT2D eigenvalue weighted by Crippen LogP contribution is -2.23. The van der Waals surface area contributed by atoms with E-state index in [1.807, 2.05) is 0 Å². The van der Waals surface area contributed by atoms with Crippen LogP contribution in [0.3, 0.4) is 0 Å². The molecule has 0 aliphatic rings. The molecule has 0 N–H and O–H groups in total. The van der Waals surface area contributed by atoms with E-state index < -0.39 is 6.10 Å². The Labute approximate surface area is 140 Å². The zero-order chi connectivity index (χ0) is 14.9. The molecule has 0 saturated heterocycles. The van der Waals surface area contributed by atoms with Crippen molar-refractivity contribution in [1.82, 2.24) is 0 Å². The van der Waals surface area contributed by atoms with Crippen LogP contribution in [0.25, 0.3) is 0 Å². The zero-order valence-electron chi connectivity index (χ0n) is 10.1. The van der Waals surface area contributed by atoms with Crippen molar-refractivity contribution in [3.63, 3.8) is 0 Å². The van der Waals surface area contributed by atoms with Gasteiger partial charge < -0.3 is 4.74 Å². The van der Waals surface area contributed by atoms with Crippen molar-refractivity contribution >= 4 is 63.5 Å². The number of thiophene rings is 1. The van der Waals surface area contributed by atoms with Crippen LogP contribution in [0.15, 0.2) is 24.3 Å². The predicted molar refractivity (Wildman–Crippen MR) is 85.2 cm³/mol. The molecule has 0 spiro atoms. The van der Waals surface area contributed by atoms with Gasteiger partial charge in [0.15, 0.2) is 6.10 Å². The fraction of sp³-hybridized carbons (Fsp3) is 0.154. The fourth-order valence-corrected chi connectivity index (χ4v) is 3.13. The number of ether oxygens (including phenoxy) is 1. The van der Waals surface area contributed by atoms with Gasteiger partial charge in [-0.05, 0) is 25.1 Å². The average molecular weight is 370 g/mol. The maximum Gasteiger partial charge on any atom is 0.212 e. The molecule has 0 bridgehead atoms. The number of carbonyl (C=O) groups excluding carboxylic acids is 1. The summed E-state index contributed by atoms with van der Waals surface area (Å²) in [6, 6.07) is 6.28. The second-order valence-electron chi connectivity index (χ2n) is 3.92. The second-order valence-corrected chi connectivity index (χ2v) is 6.86. The monoisotopic (exact) mass is 368 g/mol. The Kier molecular flexibility index (Phi) is 5.21. The van der Waals surface area contributed by atoms with Gasteiger partial charge in [0.25, 0.3) is 0 Å². The number of Topliss-reactive ketones (excluding diaryl/α,β-unsaturated/α-hetero) is 1. The molecule has 1 aromatic heterocycles.